The average Bonchev–Trinajstić information content (AvgIpc) is 2.62. The molecule has 1 atom stereocenters. The Morgan fingerprint density at radius 1 is 1.23 bits per heavy atom. The normalized spacial score (nSPS) is 12.0. The Bertz CT molecular complexity index is 987. The number of aromatic nitrogens is 1. The van der Waals surface area contributed by atoms with Gasteiger partial charge in [0, 0.05) is 16.2 Å². The maximum absolute atomic E-state index is 12.1. The van der Waals surface area contributed by atoms with Crippen LogP contribution in [-0.4, -0.2) is 15.2 Å². The highest BCUT2D eigenvalue weighted by atomic mass is 79.9. The van der Waals surface area contributed by atoms with Crippen molar-refractivity contribution < 1.29 is 14.6 Å². The number of pyridine rings is 1. The third-order valence-electron chi connectivity index (χ3n) is 3.78. The van der Waals surface area contributed by atoms with Crippen LogP contribution in [0.1, 0.15) is 28.8 Å². The average molecular weight is 417 g/mol. The number of aromatic hydroxyl groups is 1. The van der Waals surface area contributed by atoms with Crippen LogP contribution in [-0.2, 0) is 6.61 Å². The van der Waals surface area contributed by atoms with Crippen molar-refractivity contribution in [1.29, 1.82) is 0 Å². The van der Waals surface area contributed by atoms with Crippen LogP contribution in [0.15, 0.2) is 62.2 Å². The Labute approximate surface area is 158 Å². The van der Waals surface area contributed by atoms with Gasteiger partial charge in [-0.1, -0.05) is 34.1 Å². The lowest BCUT2D eigenvalue weighted by molar-refractivity contribution is 0.234. The van der Waals surface area contributed by atoms with Crippen LogP contribution in [0, 0.1) is 6.92 Å². The first kappa shape index (κ1) is 18.2. The lowest BCUT2D eigenvalue weighted by Crippen LogP contribution is -2.17. The summed E-state index contributed by atoms with van der Waals surface area (Å²) in [5.74, 6) is 0.142. The summed E-state index contributed by atoms with van der Waals surface area (Å²) in [6, 6.07) is 13.3. The van der Waals surface area contributed by atoms with E-state index in [9.17, 15) is 15.0 Å². The van der Waals surface area contributed by atoms with E-state index >= 15 is 0 Å². The van der Waals surface area contributed by atoms with Gasteiger partial charge in [-0.3, -0.25) is 4.79 Å². The van der Waals surface area contributed by atoms with Gasteiger partial charge in [0.2, 0.25) is 11.2 Å². The highest BCUT2D eigenvalue weighted by molar-refractivity contribution is 9.10. The summed E-state index contributed by atoms with van der Waals surface area (Å²) in [6.07, 6.45) is 0. The standard InChI is InChI=1S/C19H17BrN2O4/c1-11-4-2-7-16(21-11)22-17(12-5-3-6-13(20)8-12)19-18(25)15(24)9-14(10-23)26-19/h2-9,17,23,25H,10H2,1H3,(H,21,22). The highest BCUT2D eigenvalue weighted by Crippen LogP contribution is 2.32. The molecule has 3 aromatic rings. The third-order valence-corrected chi connectivity index (χ3v) is 4.27. The number of aliphatic hydroxyl groups is 1. The Kier molecular flexibility index (Phi) is 5.39. The number of anilines is 1. The molecule has 0 spiro atoms. The van der Waals surface area contributed by atoms with Crippen molar-refractivity contribution in [2.24, 2.45) is 0 Å². The van der Waals surface area contributed by atoms with E-state index in [-0.39, 0.29) is 11.5 Å². The number of rotatable bonds is 5. The van der Waals surface area contributed by atoms with Gasteiger partial charge in [0.05, 0.1) is 0 Å². The lowest BCUT2D eigenvalue weighted by Gasteiger charge is -2.20. The van der Waals surface area contributed by atoms with Gasteiger partial charge >= 0.3 is 0 Å². The summed E-state index contributed by atoms with van der Waals surface area (Å²) in [5, 5.41) is 22.8. The van der Waals surface area contributed by atoms with Crippen molar-refractivity contribution in [3.63, 3.8) is 0 Å². The van der Waals surface area contributed by atoms with E-state index < -0.39 is 23.8 Å². The second kappa shape index (κ2) is 7.72. The van der Waals surface area contributed by atoms with E-state index in [0.29, 0.717) is 5.82 Å². The van der Waals surface area contributed by atoms with E-state index in [2.05, 4.69) is 26.2 Å². The molecule has 0 saturated carbocycles. The molecule has 0 saturated heterocycles. The second-order valence-corrected chi connectivity index (χ2v) is 6.66. The van der Waals surface area contributed by atoms with E-state index in [1.165, 1.54) is 0 Å². The lowest BCUT2D eigenvalue weighted by atomic mass is 10.0. The number of aryl methyl sites for hydroxylation is 1. The number of hydrogen-bond acceptors (Lipinski definition) is 6. The summed E-state index contributed by atoms with van der Waals surface area (Å²) in [6.45, 7) is 1.42. The molecular weight excluding hydrogens is 400 g/mol. The zero-order valence-corrected chi connectivity index (χ0v) is 15.5. The van der Waals surface area contributed by atoms with Crippen molar-refractivity contribution in [3.8, 4) is 5.75 Å². The number of halogens is 1. The van der Waals surface area contributed by atoms with Crippen molar-refractivity contribution in [3.05, 3.63) is 86.0 Å². The van der Waals surface area contributed by atoms with Crippen LogP contribution in [0.2, 0.25) is 0 Å². The van der Waals surface area contributed by atoms with Crippen LogP contribution in [0.5, 0.6) is 5.75 Å². The number of aliphatic hydroxyl groups excluding tert-OH is 1. The largest absolute Gasteiger partial charge is 0.502 e. The Balaban J connectivity index is 2.15. The zero-order chi connectivity index (χ0) is 18.7. The summed E-state index contributed by atoms with van der Waals surface area (Å²) < 4.78 is 6.42. The molecule has 134 valence electrons. The summed E-state index contributed by atoms with van der Waals surface area (Å²) in [5.41, 5.74) is 0.947. The molecule has 26 heavy (non-hydrogen) atoms. The first-order valence-corrected chi connectivity index (χ1v) is 8.69. The third kappa shape index (κ3) is 3.95. The molecule has 0 aliphatic heterocycles. The van der Waals surface area contributed by atoms with Gasteiger partial charge in [0.1, 0.15) is 24.2 Å². The molecule has 0 bridgehead atoms. The molecule has 2 heterocycles. The molecule has 7 heteroatoms. The molecule has 0 radical (unpaired) electrons. The van der Waals surface area contributed by atoms with Gasteiger partial charge in [-0.2, -0.15) is 0 Å². The molecule has 0 fully saturated rings. The smallest absolute Gasteiger partial charge is 0.227 e. The summed E-state index contributed by atoms with van der Waals surface area (Å²) in [7, 11) is 0. The van der Waals surface area contributed by atoms with Gasteiger partial charge in [-0.05, 0) is 36.8 Å². The molecule has 0 aliphatic carbocycles. The number of nitrogens with zero attached hydrogens (tertiary/aromatic N) is 1. The van der Waals surface area contributed by atoms with Gasteiger partial charge in [-0.15, -0.1) is 0 Å². The van der Waals surface area contributed by atoms with E-state index in [1.807, 2.05) is 43.3 Å². The Hall–Kier alpha value is -2.64. The number of benzene rings is 1. The minimum Gasteiger partial charge on any atom is -0.502 e. The van der Waals surface area contributed by atoms with Gasteiger partial charge < -0.3 is 19.9 Å². The van der Waals surface area contributed by atoms with Crippen molar-refractivity contribution >= 4 is 21.7 Å². The van der Waals surface area contributed by atoms with Gasteiger partial charge in [0.15, 0.2) is 5.76 Å². The highest BCUT2D eigenvalue weighted by Gasteiger charge is 2.24. The Morgan fingerprint density at radius 2 is 2.00 bits per heavy atom. The zero-order valence-electron chi connectivity index (χ0n) is 13.9. The summed E-state index contributed by atoms with van der Waals surface area (Å²) >= 11 is 3.42. The maximum atomic E-state index is 12.1. The van der Waals surface area contributed by atoms with Crippen LogP contribution in [0.25, 0.3) is 0 Å². The molecule has 0 aliphatic rings. The number of nitrogens with one attached hydrogen (secondary N) is 1. The monoisotopic (exact) mass is 416 g/mol. The van der Waals surface area contributed by atoms with Crippen molar-refractivity contribution in [2.75, 3.05) is 5.32 Å². The van der Waals surface area contributed by atoms with E-state index in [1.54, 1.807) is 6.07 Å². The fourth-order valence-corrected chi connectivity index (χ4v) is 3.00. The minimum atomic E-state index is -0.680. The predicted molar refractivity (Wildman–Crippen MR) is 101 cm³/mol. The minimum absolute atomic E-state index is 0.0166. The van der Waals surface area contributed by atoms with Crippen LogP contribution >= 0.6 is 15.9 Å². The van der Waals surface area contributed by atoms with Crippen molar-refractivity contribution in [2.45, 2.75) is 19.6 Å². The molecule has 1 aromatic carbocycles. The van der Waals surface area contributed by atoms with Crippen LogP contribution in [0.3, 0.4) is 0 Å². The van der Waals surface area contributed by atoms with Crippen molar-refractivity contribution in [1.82, 2.24) is 4.98 Å². The molecule has 3 rings (SSSR count). The molecule has 6 nitrogen and oxygen atoms in total. The SMILES string of the molecule is Cc1cccc(NC(c2cccc(Br)c2)c2oc(CO)cc(=O)c2O)n1. The predicted octanol–water partition coefficient (Wildman–Crippen LogP) is 3.51. The van der Waals surface area contributed by atoms with E-state index in [0.717, 1.165) is 21.8 Å². The topological polar surface area (TPSA) is 95.6 Å². The number of hydrogen-bond donors (Lipinski definition) is 3. The van der Waals surface area contributed by atoms with E-state index in [4.69, 9.17) is 4.42 Å². The Morgan fingerprint density at radius 3 is 2.69 bits per heavy atom. The molecule has 3 N–H and O–H groups in total. The molecule has 2 aromatic heterocycles. The maximum Gasteiger partial charge on any atom is 0.227 e. The molecule has 0 amide bonds. The second-order valence-electron chi connectivity index (χ2n) is 5.74. The molecular formula is C19H17BrN2O4. The van der Waals surface area contributed by atoms with Gasteiger partial charge in [-0.25, -0.2) is 4.98 Å². The van der Waals surface area contributed by atoms with Crippen LogP contribution < -0.4 is 10.7 Å². The summed E-state index contributed by atoms with van der Waals surface area (Å²) in [4.78, 5) is 16.5. The quantitative estimate of drug-likeness (QED) is 0.588. The van der Waals surface area contributed by atoms with Gasteiger partial charge in [0.25, 0.3) is 0 Å². The fourth-order valence-electron chi connectivity index (χ4n) is 2.59. The van der Waals surface area contributed by atoms with Crippen LogP contribution in [0.4, 0.5) is 5.82 Å². The first-order chi connectivity index (χ1) is 12.5. The molecule has 1 unspecified atom stereocenters. The fraction of sp³-hybridized carbons (Fsp3) is 0.158. The first-order valence-electron chi connectivity index (χ1n) is 7.90.